The summed E-state index contributed by atoms with van der Waals surface area (Å²) < 4.78 is 0. The summed E-state index contributed by atoms with van der Waals surface area (Å²) in [5.74, 6) is 1.79. The molecule has 1 aliphatic heterocycles. The number of rotatable bonds is 4. The molecule has 1 N–H and O–H groups in total. The lowest BCUT2D eigenvalue weighted by atomic mass is 10.0. The molecule has 0 spiro atoms. The Morgan fingerprint density at radius 3 is 2.84 bits per heavy atom. The van der Waals surface area contributed by atoms with E-state index in [-0.39, 0.29) is 6.04 Å². The van der Waals surface area contributed by atoms with Crippen molar-refractivity contribution in [1.29, 1.82) is 0 Å². The van der Waals surface area contributed by atoms with E-state index in [1.54, 1.807) is 11.3 Å². The molecule has 0 bridgehead atoms. The van der Waals surface area contributed by atoms with E-state index in [4.69, 9.17) is 4.99 Å². The number of hydrogen-bond donors (Lipinski definition) is 1. The minimum absolute atomic E-state index is 0.252. The van der Waals surface area contributed by atoms with Crippen molar-refractivity contribution in [3.05, 3.63) is 16.1 Å². The Hall–Kier alpha value is -0.550. The Kier molecular flexibility index (Phi) is 5.28. The number of nitrogens with one attached hydrogen (secondary N) is 1. The minimum atomic E-state index is 0.252. The number of thioether (sulfide) groups is 1. The van der Waals surface area contributed by atoms with Gasteiger partial charge in [-0.15, -0.1) is 11.3 Å². The highest BCUT2D eigenvalue weighted by Gasteiger charge is 2.20. The first kappa shape index (κ1) is 14.9. The van der Waals surface area contributed by atoms with Gasteiger partial charge in [-0.3, -0.25) is 4.99 Å². The van der Waals surface area contributed by atoms with Crippen LogP contribution >= 0.6 is 23.1 Å². The third kappa shape index (κ3) is 3.96. The Bertz CT molecular complexity index is 440. The molecule has 0 amide bonds. The zero-order chi connectivity index (χ0) is 13.8. The number of hydrogen-bond acceptors (Lipinski definition) is 5. The van der Waals surface area contributed by atoms with Crippen LogP contribution in [0.2, 0.25) is 0 Å². The van der Waals surface area contributed by atoms with Gasteiger partial charge in [0.25, 0.3) is 0 Å². The molecule has 2 rings (SSSR count). The lowest BCUT2D eigenvalue weighted by Crippen LogP contribution is -2.30. The van der Waals surface area contributed by atoms with Crippen LogP contribution in [0.5, 0.6) is 0 Å². The van der Waals surface area contributed by atoms with Crippen LogP contribution in [-0.4, -0.2) is 21.9 Å². The molecule has 1 aromatic heterocycles. The fourth-order valence-electron chi connectivity index (χ4n) is 2.02. The normalized spacial score (nSPS) is 21.3. The predicted octanol–water partition coefficient (Wildman–Crippen LogP) is 3.87. The largest absolute Gasteiger partial charge is 0.356 e. The SMILES string of the molecule is CCc1cnc(C(C)NC2=NC(C(C)C)CCS2)s1. The van der Waals surface area contributed by atoms with Gasteiger partial charge in [0.2, 0.25) is 0 Å². The molecule has 0 aromatic carbocycles. The van der Waals surface area contributed by atoms with E-state index in [1.807, 2.05) is 18.0 Å². The van der Waals surface area contributed by atoms with Gasteiger partial charge in [0.15, 0.2) is 5.17 Å². The molecular formula is C14H23N3S2. The van der Waals surface area contributed by atoms with Crippen LogP contribution in [0.1, 0.15) is 50.0 Å². The number of nitrogens with zero attached hydrogens (tertiary/aromatic N) is 2. The van der Waals surface area contributed by atoms with Crippen molar-refractivity contribution in [3.63, 3.8) is 0 Å². The third-order valence-electron chi connectivity index (χ3n) is 3.34. The van der Waals surface area contributed by atoms with Crippen LogP contribution in [0.25, 0.3) is 0 Å². The van der Waals surface area contributed by atoms with Gasteiger partial charge in [-0.1, -0.05) is 32.5 Å². The summed E-state index contributed by atoms with van der Waals surface area (Å²) in [6.45, 7) is 8.84. The first-order valence-corrected chi connectivity index (χ1v) is 8.82. The summed E-state index contributed by atoms with van der Waals surface area (Å²) in [7, 11) is 0. The van der Waals surface area contributed by atoms with Crippen LogP contribution in [0, 0.1) is 5.92 Å². The highest BCUT2D eigenvalue weighted by molar-refractivity contribution is 8.13. The van der Waals surface area contributed by atoms with E-state index >= 15 is 0 Å². The molecule has 0 saturated carbocycles. The molecule has 2 atom stereocenters. The quantitative estimate of drug-likeness (QED) is 0.916. The van der Waals surface area contributed by atoms with E-state index in [0.29, 0.717) is 12.0 Å². The van der Waals surface area contributed by atoms with Gasteiger partial charge in [-0.05, 0) is 25.7 Å². The van der Waals surface area contributed by atoms with Gasteiger partial charge in [0.1, 0.15) is 5.01 Å². The lowest BCUT2D eigenvalue weighted by molar-refractivity contribution is 0.482. The smallest absolute Gasteiger partial charge is 0.157 e. The van der Waals surface area contributed by atoms with Crippen molar-refractivity contribution in [2.45, 2.75) is 52.6 Å². The summed E-state index contributed by atoms with van der Waals surface area (Å²) >= 11 is 3.63. The van der Waals surface area contributed by atoms with Crippen molar-refractivity contribution in [1.82, 2.24) is 10.3 Å². The average molecular weight is 297 g/mol. The second kappa shape index (κ2) is 6.75. The van der Waals surface area contributed by atoms with E-state index < -0.39 is 0 Å². The molecule has 19 heavy (non-hydrogen) atoms. The maximum Gasteiger partial charge on any atom is 0.157 e. The van der Waals surface area contributed by atoms with Crippen molar-refractivity contribution in [2.75, 3.05) is 5.75 Å². The lowest BCUT2D eigenvalue weighted by Gasteiger charge is -2.24. The molecule has 2 heterocycles. The topological polar surface area (TPSA) is 37.3 Å². The van der Waals surface area contributed by atoms with E-state index in [1.165, 1.54) is 17.1 Å². The second-order valence-electron chi connectivity index (χ2n) is 5.27. The number of thiazole rings is 1. The van der Waals surface area contributed by atoms with Crippen LogP contribution in [0.3, 0.4) is 0 Å². The van der Waals surface area contributed by atoms with Gasteiger partial charge >= 0.3 is 0 Å². The Morgan fingerprint density at radius 2 is 2.21 bits per heavy atom. The number of amidine groups is 1. The highest BCUT2D eigenvalue weighted by Crippen LogP contribution is 2.25. The molecule has 1 aliphatic rings. The van der Waals surface area contributed by atoms with E-state index in [9.17, 15) is 0 Å². The third-order valence-corrected chi connectivity index (χ3v) is 5.60. The first-order chi connectivity index (χ1) is 9.10. The van der Waals surface area contributed by atoms with Crippen molar-refractivity contribution >= 4 is 28.3 Å². The van der Waals surface area contributed by atoms with Gasteiger partial charge in [0, 0.05) is 16.8 Å². The molecule has 106 valence electrons. The zero-order valence-electron chi connectivity index (χ0n) is 12.1. The zero-order valence-corrected chi connectivity index (χ0v) is 13.8. The van der Waals surface area contributed by atoms with Crippen molar-refractivity contribution in [2.24, 2.45) is 10.9 Å². The molecule has 1 aromatic rings. The molecule has 0 saturated heterocycles. The first-order valence-electron chi connectivity index (χ1n) is 7.01. The molecule has 0 radical (unpaired) electrons. The molecule has 5 heteroatoms. The van der Waals surface area contributed by atoms with Crippen LogP contribution in [0.15, 0.2) is 11.2 Å². The number of aryl methyl sites for hydroxylation is 1. The summed E-state index contributed by atoms with van der Waals surface area (Å²) in [5, 5.41) is 5.77. The summed E-state index contributed by atoms with van der Waals surface area (Å²) in [6.07, 6.45) is 4.25. The highest BCUT2D eigenvalue weighted by atomic mass is 32.2. The number of aliphatic imine (C=N–C) groups is 1. The Balaban J connectivity index is 1.99. The average Bonchev–Trinajstić information content (AvgIpc) is 2.88. The molecule has 2 unspecified atom stereocenters. The molecule has 3 nitrogen and oxygen atoms in total. The van der Waals surface area contributed by atoms with Gasteiger partial charge < -0.3 is 5.32 Å². The molecule has 0 fully saturated rings. The van der Waals surface area contributed by atoms with Crippen LogP contribution in [0.4, 0.5) is 0 Å². The molecular weight excluding hydrogens is 274 g/mol. The Morgan fingerprint density at radius 1 is 1.42 bits per heavy atom. The summed E-state index contributed by atoms with van der Waals surface area (Å²) in [5.41, 5.74) is 0. The van der Waals surface area contributed by atoms with Crippen molar-refractivity contribution in [3.8, 4) is 0 Å². The van der Waals surface area contributed by atoms with Gasteiger partial charge in [0.05, 0.1) is 12.1 Å². The van der Waals surface area contributed by atoms with Crippen molar-refractivity contribution < 1.29 is 0 Å². The maximum atomic E-state index is 4.82. The minimum Gasteiger partial charge on any atom is -0.356 e. The monoisotopic (exact) mass is 297 g/mol. The fourth-order valence-corrected chi connectivity index (χ4v) is 3.91. The maximum absolute atomic E-state index is 4.82. The van der Waals surface area contributed by atoms with Gasteiger partial charge in [-0.25, -0.2) is 4.98 Å². The molecule has 0 aliphatic carbocycles. The van der Waals surface area contributed by atoms with Gasteiger partial charge in [-0.2, -0.15) is 0 Å². The fraction of sp³-hybridized carbons (Fsp3) is 0.714. The summed E-state index contributed by atoms with van der Waals surface area (Å²) in [4.78, 5) is 10.7. The van der Waals surface area contributed by atoms with E-state index in [0.717, 1.165) is 16.6 Å². The standard InChI is InChI=1S/C14H23N3S2/c1-5-11-8-15-13(19-11)10(4)16-14-17-12(9(2)3)6-7-18-14/h8-10,12H,5-7H2,1-4H3,(H,16,17). The summed E-state index contributed by atoms with van der Waals surface area (Å²) in [6, 6.07) is 0.723. The number of aromatic nitrogens is 1. The Labute approximate surface area is 124 Å². The van der Waals surface area contributed by atoms with Crippen LogP contribution < -0.4 is 5.32 Å². The van der Waals surface area contributed by atoms with Crippen LogP contribution in [-0.2, 0) is 6.42 Å². The predicted molar refractivity (Wildman–Crippen MR) is 86.2 cm³/mol. The second-order valence-corrected chi connectivity index (χ2v) is 7.50. The van der Waals surface area contributed by atoms with E-state index in [2.05, 4.69) is 38.0 Å².